The van der Waals surface area contributed by atoms with Crippen LogP contribution in [-0.4, -0.2) is 32.5 Å². The highest BCUT2D eigenvalue weighted by atomic mass is 35.5. The van der Waals surface area contributed by atoms with Crippen LogP contribution >= 0.6 is 11.6 Å². The molecule has 5 heteroatoms. The van der Waals surface area contributed by atoms with Crippen LogP contribution in [0.3, 0.4) is 0 Å². The van der Waals surface area contributed by atoms with Crippen LogP contribution in [0.15, 0.2) is 36.4 Å². The number of benzene rings is 2. The van der Waals surface area contributed by atoms with Crippen LogP contribution in [0.1, 0.15) is 44.4 Å². The van der Waals surface area contributed by atoms with Crippen LogP contribution in [0.4, 0.5) is 11.4 Å². The van der Waals surface area contributed by atoms with Gasteiger partial charge in [0.05, 0.1) is 5.54 Å². The summed E-state index contributed by atoms with van der Waals surface area (Å²) in [5.41, 5.74) is 4.75. The van der Waals surface area contributed by atoms with E-state index in [2.05, 4.69) is 67.6 Å². The Hall–Kier alpha value is -2.04. The molecule has 1 aliphatic heterocycles. The minimum absolute atomic E-state index is 0.190. The number of aldehydes is 1. The van der Waals surface area contributed by atoms with Crippen molar-refractivity contribution < 1.29 is 4.79 Å². The quantitative estimate of drug-likeness (QED) is 0.635. The van der Waals surface area contributed by atoms with Crippen molar-refractivity contribution in [3.05, 3.63) is 58.1 Å². The van der Waals surface area contributed by atoms with E-state index in [0.29, 0.717) is 6.04 Å². The van der Waals surface area contributed by atoms with Gasteiger partial charge in [-0.25, -0.2) is 0 Å². The molecule has 156 valence electrons. The maximum Gasteiger partial charge on any atom is 0.130 e. The maximum atomic E-state index is 11.7. The number of hydrogen-bond donors (Lipinski definition) is 2. The second-order valence-electron chi connectivity index (χ2n) is 9.00. The highest BCUT2D eigenvalue weighted by molar-refractivity contribution is 6.31. The van der Waals surface area contributed by atoms with Gasteiger partial charge in [0.15, 0.2) is 0 Å². The summed E-state index contributed by atoms with van der Waals surface area (Å²) in [7, 11) is 2.08. The topological polar surface area (TPSA) is 44.4 Å². The smallest absolute Gasteiger partial charge is 0.130 e. The normalized spacial score (nSPS) is 15.7. The van der Waals surface area contributed by atoms with Crippen LogP contribution in [0.25, 0.3) is 0 Å². The van der Waals surface area contributed by atoms with Gasteiger partial charge < -0.3 is 20.3 Å². The average molecular weight is 414 g/mol. The maximum absolute atomic E-state index is 11.7. The summed E-state index contributed by atoms with van der Waals surface area (Å²) in [4.78, 5) is 14.0. The molecule has 4 nitrogen and oxygen atoms in total. The fourth-order valence-electron chi connectivity index (χ4n) is 3.91. The lowest BCUT2D eigenvalue weighted by Gasteiger charge is -2.45. The molecule has 0 bridgehead atoms. The van der Waals surface area contributed by atoms with Crippen molar-refractivity contribution in [2.24, 2.45) is 0 Å². The predicted octanol–water partition coefficient (Wildman–Crippen LogP) is 4.88. The van der Waals surface area contributed by atoms with Gasteiger partial charge in [-0.05, 0) is 69.5 Å². The zero-order valence-corrected chi connectivity index (χ0v) is 19.0. The van der Waals surface area contributed by atoms with Gasteiger partial charge in [-0.15, -0.1) is 0 Å². The zero-order chi connectivity index (χ0) is 21.4. The number of carbonyl (C=O) groups excluding carboxylic acids is 1. The number of carbonyl (C=O) groups is 1. The molecule has 2 aromatic carbocycles. The van der Waals surface area contributed by atoms with E-state index in [9.17, 15) is 4.79 Å². The number of anilines is 2. The van der Waals surface area contributed by atoms with Crippen LogP contribution in [0.5, 0.6) is 0 Å². The molecule has 3 rings (SSSR count). The van der Waals surface area contributed by atoms with Gasteiger partial charge in [0.25, 0.3) is 0 Å². The Morgan fingerprint density at radius 2 is 1.93 bits per heavy atom. The minimum atomic E-state index is -0.545. The van der Waals surface area contributed by atoms with Crippen LogP contribution in [0, 0.1) is 6.92 Å². The Labute approximate surface area is 179 Å². The van der Waals surface area contributed by atoms with Crippen molar-refractivity contribution in [3.8, 4) is 0 Å². The minimum Gasteiger partial charge on any atom is -0.373 e. The zero-order valence-electron chi connectivity index (χ0n) is 18.3. The van der Waals surface area contributed by atoms with Crippen LogP contribution in [-0.2, 0) is 15.7 Å². The summed E-state index contributed by atoms with van der Waals surface area (Å²) in [5.74, 6) is 0. The molecule has 0 unspecified atom stereocenters. The molecule has 2 N–H and O–H groups in total. The van der Waals surface area contributed by atoms with Crippen LogP contribution in [0.2, 0.25) is 5.02 Å². The van der Waals surface area contributed by atoms with Crippen molar-refractivity contribution in [2.45, 2.75) is 51.6 Å². The number of nitrogens with one attached hydrogen (secondary N) is 2. The first-order valence-electron chi connectivity index (χ1n) is 10.2. The number of rotatable bonds is 7. The SMILES string of the molecule is Cc1c(Cl)cccc1C1(Nc2ccc(C(C)(C)C=O)c(N(C)C(C)C)c2)CNC1. The summed E-state index contributed by atoms with van der Waals surface area (Å²) in [6.45, 7) is 12.0. The summed E-state index contributed by atoms with van der Waals surface area (Å²) < 4.78 is 0. The highest BCUT2D eigenvalue weighted by Crippen LogP contribution is 2.38. The highest BCUT2D eigenvalue weighted by Gasteiger charge is 2.40. The van der Waals surface area contributed by atoms with Gasteiger partial charge >= 0.3 is 0 Å². The molecule has 0 spiro atoms. The van der Waals surface area contributed by atoms with E-state index in [1.807, 2.05) is 26.0 Å². The van der Waals surface area contributed by atoms with E-state index < -0.39 is 5.41 Å². The molecule has 0 aliphatic carbocycles. The largest absolute Gasteiger partial charge is 0.373 e. The average Bonchev–Trinajstić information content (AvgIpc) is 2.66. The molecule has 0 amide bonds. The fraction of sp³-hybridized carbons (Fsp3) is 0.458. The fourth-order valence-corrected chi connectivity index (χ4v) is 4.09. The lowest BCUT2D eigenvalue weighted by Crippen LogP contribution is -2.61. The molecular weight excluding hydrogens is 382 g/mol. The van der Waals surface area contributed by atoms with Crippen molar-refractivity contribution in [3.63, 3.8) is 0 Å². The van der Waals surface area contributed by atoms with Crippen molar-refractivity contribution in [1.29, 1.82) is 0 Å². The predicted molar refractivity (Wildman–Crippen MR) is 123 cm³/mol. The third-order valence-corrected chi connectivity index (χ3v) is 6.57. The van der Waals surface area contributed by atoms with Gasteiger partial charge in [-0.3, -0.25) is 0 Å². The Bertz CT molecular complexity index is 903. The van der Waals surface area contributed by atoms with Gasteiger partial charge in [0.1, 0.15) is 6.29 Å². The summed E-state index contributed by atoms with van der Waals surface area (Å²) in [6.07, 6.45) is 1.03. The van der Waals surface area contributed by atoms with E-state index in [0.717, 1.165) is 46.9 Å². The Morgan fingerprint density at radius 3 is 2.48 bits per heavy atom. The summed E-state index contributed by atoms with van der Waals surface area (Å²) >= 11 is 6.40. The monoisotopic (exact) mass is 413 g/mol. The van der Waals surface area contributed by atoms with E-state index in [4.69, 9.17) is 11.6 Å². The first kappa shape index (κ1) is 21.7. The third-order valence-electron chi connectivity index (χ3n) is 6.16. The first-order valence-corrected chi connectivity index (χ1v) is 10.6. The molecule has 1 saturated heterocycles. The van der Waals surface area contributed by atoms with E-state index >= 15 is 0 Å². The van der Waals surface area contributed by atoms with E-state index in [1.54, 1.807) is 0 Å². The molecule has 0 saturated carbocycles. The summed E-state index contributed by atoms with van der Waals surface area (Å²) in [5, 5.41) is 7.97. The molecule has 29 heavy (non-hydrogen) atoms. The van der Waals surface area contributed by atoms with Crippen LogP contribution < -0.4 is 15.5 Å². The second kappa shape index (κ2) is 8.00. The molecular formula is C24H32ClN3O. The molecule has 1 heterocycles. The van der Waals surface area contributed by atoms with E-state index in [-0.39, 0.29) is 5.54 Å². The second-order valence-corrected chi connectivity index (χ2v) is 9.41. The Kier molecular flexibility index (Phi) is 5.98. The molecule has 0 atom stereocenters. The number of halogens is 1. The van der Waals surface area contributed by atoms with Crippen molar-refractivity contribution in [1.82, 2.24) is 5.32 Å². The van der Waals surface area contributed by atoms with Gasteiger partial charge in [-0.1, -0.05) is 29.8 Å². The molecule has 0 radical (unpaired) electrons. The standard InChI is InChI=1S/C24H32ClN3O/c1-16(2)28(6)22-12-18(10-11-20(22)23(4,5)15-29)27-24(13-26-14-24)19-8-7-9-21(25)17(19)3/h7-12,15-16,26-27H,13-14H2,1-6H3. The lowest BCUT2D eigenvalue weighted by atomic mass is 9.81. The first-order chi connectivity index (χ1) is 13.6. The van der Waals surface area contributed by atoms with Gasteiger partial charge in [0, 0.05) is 48.0 Å². The molecule has 2 aromatic rings. The molecule has 1 aliphatic rings. The van der Waals surface area contributed by atoms with Gasteiger partial charge in [0.2, 0.25) is 0 Å². The Morgan fingerprint density at radius 1 is 1.24 bits per heavy atom. The Balaban J connectivity index is 2.04. The number of hydrogen-bond acceptors (Lipinski definition) is 4. The number of nitrogens with zero attached hydrogens (tertiary/aromatic N) is 1. The van der Waals surface area contributed by atoms with Crippen molar-refractivity contribution >= 4 is 29.3 Å². The lowest BCUT2D eigenvalue weighted by molar-refractivity contribution is -0.111. The van der Waals surface area contributed by atoms with Crippen molar-refractivity contribution in [2.75, 3.05) is 30.4 Å². The van der Waals surface area contributed by atoms with E-state index in [1.165, 1.54) is 5.56 Å². The molecule has 1 fully saturated rings. The molecule has 0 aromatic heterocycles. The third kappa shape index (κ3) is 4.01. The van der Waals surface area contributed by atoms with Gasteiger partial charge in [-0.2, -0.15) is 0 Å². The summed E-state index contributed by atoms with van der Waals surface area (Å²) in [6, 6.07) is 12.8.